The first-order valence-corrected chi connectivity index (χ1v) is 7.31. The monoisotopic (exact) mass is 309 g/mol. The number of unbranched alkanes of at least 4 members (excludes halogenated alkanes) is 1. The molecular formula is C16H23NO5. The van der Waals surface area contributed by atoms with Gasteiger partial charge in [0.15, 0.2) is 6.10 Å². The van der Waals surface area contributed by atoms with Gasteiger partial charge in [-0.3, -0.25) is 4.79 Å². The zero-order valence-electron chi connectivity index (χ0n) is 13.2. The fourth-order valence-corrected chi connectivity index (χ4v) is 1.87. The van der Waals surface area contributed by atoms with E-state index in [0.29, 0.717) is 17.9 Å². The van der Waals surface area contributed by atoms with Crippen LogP contribution in [-0.2, 0) is 9.59 Å². The van der Waals surface area contributed by atoms with Gasteiger partial charge >= 0.3 is 5.97 Å². The second-order valence-electron chi connectivity index (χ2n) is 4.98. The average Bonchev–Trinajstić information content (AvgIpc) is 2.51. The van der Waals surface area contributed by atoms with Crippen LogP contribution >= 0.6 is 0 Å². The number of nitrogens with one attached hydrogen (secondary N) is 1. The Balaban J connectivity index is 2.57. The normalized spacial score (nSPS) is 13.0. The van der Waals surface area contributed by atoms with Crippen molar-refractivity contribution in [1.29, 1.82) is 0 Å². The lowest BCUT2D eigenvalue weighted by atomic mass is 10.1. The second-order valence-corrected chi connectivity index (χ2v) is 4.98. The van der Waals surface area contributed by atoms with Crippen LogP contribution in [0.25, 0.3) is 0 Å². The summed E-state index contributed by atoms with van der Waals surface area (Å²) in [6.45, 7) is 3.55. The number of ether oxygens (including phenoxy) is 2. The van der Waals surface area contributed by atoms with E-state index < -0.39 is 24.0 Å². The lowest BCUT2D eigenvalue weighted by Crippen LogP contribution is -2.46. The molecule has 0 aliphatic heterocycles. The maximum atomic E-state index is 12.0. The highest BCUT2D eigenvalue weighted by molar-refractivity contribution is 5.86. The van der Waals surface area contributed by atoms with E-state index in [-0.39, 0.29) is 0 Å². The van der Waals surface area contributed by atoms with Gasteiger partial charge in [-0.15, -0.1) is 0 Å². The first kappa shape index (κ1) is 17.8. The number of benzene rings is 1. The van der Waals surface area contributed by atoms with E-state index in [1.807, 2.05) is 6.92 Å². The summed E-state index contributed by atoms with van der Waals surface area (Å²) in [5.74, 6) is -0.267. The molecule has 2 atom stereocenters. The summed E-state index contributed by atoms with van der Waals surface area (Å²) < 4.78 is 10.5. The van der Waals surface area contributed by atoms with Gasteiger partial charge in [-0.05, 0) is 37.6 Å². The van der Waals surface area contributed by atoms with E-state index in [2.05, 4.69) is 5.32 Å². The van der Waals surface area contributed by atoms with Gasteiger partial charge in [0, 0.05) is 0 Å². The maximum absolute atomic E-state index is 12.0. The third-order valence-corrected chi connectivity index (χ3v) is 3.20. The minimum Gasteiger partial charge on any atom is -0.497 e. The van der Waals surface area contributed by atoms with Crippen LogP contribution in [0.15, 0.2) is 24.3 Å². The van der Waals surface area contributed by atoms with Gasteiger partial charge < -0.3 is 19.9 Å². The largest absolute Gasteiger partial charge is 0.497 e. The number of carboxylic acids is 1. The van der Waals surface area contributed by atoms with Crippen molar-refractivity contribution in [3.63, 3.8) is 0 Å². The maximum Gasteiger partial charge on any atom is 0.326 e. The Kier molecular flexibility index (Phi) is 7.22. The van der Waals surface area contributed by atoms with Gasteiger partial charge in [-0.1, -0.05) is 19.8 Å². The molecule has 0 heterocycles. The Hall–Kier alpha value is -2.24. The van der Waals surface area contributed by atoms with E-state index in [9.17, 15) is 9.59 Å². The van der Waals surface area contributed by atoms with Crippen LogP contribution in [0.2, 0.25) is 0 Å². The van der Waals surface area contributed by atoms with Crippen LogP contribution in [0.3, 0.4) is 0 Å². The first-order valence-electron chi connectivity index (χ1n) is 7.31. The molecule has 1 aromatic carbocycles. The Labute approximate surface area is 130 Å². The molecule has 1 unspecified atom stereocenters. The van der Waals surface area contributed by atoms with Crippen molar-refractivity contribution in [2.75, 3.05) is 7.11 Å². The average molecular weight is 309 g/mol. The Morgan fingerprint density at radius 2 is 1.82 bits per heavy atom. The number of aliphatic carboxylic acids is 1. The van der Waals surface area contributed by atoms with E-state index in [0.717, 1.165) is 12.8 Å². The molecule has 0 spiro atoms. The zero-order valence-corrected chi connectivity index (χ0v) is 13.2. The standard InChI is InChI=1S/C16H23NO5/c1-4-5-6-14(16(19)20)17-15(18)11(2)22-13-9-7-12(21-3)8-10-13/h7-11,14H,4-6H2,1-3H3,(H,17,18)(H,19,20)/t11?,14-/m0/s1. The van der Waals surface area contributed by atoms with Gasteiger partial charge in [-0.25, -0.2) is 4.79 Å². The molecular weight excluding hydrogens is 286 g/mol. The van der Waals surface area contributed by atoms with Crippen molar-refractivity contribution in [3.8, 4) is 11.5 Å². The third kappa shape index (κ3) is 5.63. The summed E-state index contributed by atoms with van der Waals surface area (Å²) >= 11 is 0. The number of carbonyl (C=O) groups excluding carboxylic acids is 1. The van der Waals surface area contributed by atoms with Gasteiger partial charge in [-0.2, -0.15) is 0 Å². The molecule has 1 aromatic rings. The Morgan fingerprint density at radius 3 is 2.32 bits per heavy atom. The topological polar surface area (TPSA) is 84.9 Å². The second kappa shape index (κ2) is 8.92. The number of hydrogen-bond acceptors (Lipinski definition) is 4. The van der Waals surface area contributed by atoms with Gasteiger partial charge in [0.1, 0.15) is 17.5 Å². The summed E-state index contributed by atoms with van der Waals surface area (Å²) in [7, 11) is 1.56. The molecule has 0 saturated heterocycles. The molecule has 0 aliphatic carbocycles. The van der Waals surface area contributed by atoms with Crippen LogP contribution in [0.1, 0.15) is 33.1 Å². The molecule has 2 N–H and O–H groups in total. The molecule has 6 nitrogen and oxygen atoms in total. The Bertz CT molecular complexity index is 486. The molecule has 0 bridgehead atoms. The number of amides is 1. The number of hydrogen-bond donors (Lipinski definition) is 2. The quantitative estimate of drug-likeness (QED) is 0.730. The number of carboxylic acid groups (broad SMARTS) is 1. The third-order valence-electron chi connectivity index (χ3n) is 3.20. The molecule has 0 aliphatic rings. The molecule has 0 saturated carbocycles. The molecule has 0 fully saturated rings. The molecule has 1 rings (SSSR count). The van der Waals surface area contributed by atoms with E-state index in [1.165, 1.54) is 0 Å². The van der Waals surface area contributed by atoms with Crippen molar-refractivity contribution in [3.05, 3.63) is 24.3 Å². The molecule has 122 valence electrons. The fraction of sp³-hybridized carbons (Fsp3) is 0.500. The summed E-state index contributed by atoms with van der Waals surface area (Å²) in [5, 5.41) is 11.6. The number of methoxy groups -OCH3 is 1. The van der Waals surface area contributed by atoms with Crippen LogP contribution in [0.4, 0.5) is 0 Å². The van der Waals surface area contributed by atoms with Crippen LogP contribution in [-0.4, -0.2) is 36.2 Å². The minimum absolute atomic E-state index is 0.410. The minimum atomic E-state index is -1.03. The number of carbonyl (C=O) groups is 2. The summed E-state index contributed by atoms with van der Waals surface area (Å²) in [5.41, 5.74) is 0. The highest BCUT2D eigenvalue weighted by Gasteiger charge is 2.23. The van der Waals surface area contributed by atoms with Gasteiger partial charge in [0.05, 0.1) is 7.11 Å². The molecule has 6 heteroatoms. The SMILES string of the molecule is CCCC[C@H](NC(=O)C(C)Oc1ccc(OC)cc1)C(=O)O. The molecule has 0 radical (unpaired) electrons. The highest BCUT2D eigenvalue weighted by Crippen LogP contribution is 2.18. The summed E-state index contributed by atoms with van der Waals surface area (Å²) in [6.07, 6.45) is 1.24. The predicted molar refractivity (Wildman–Crippen MR) is 82.2 cm³/mol. The Morgan fingerprint density at radius 1 is 1.23 bits per heavy atom. The molecule has 0 aromatic heterocycles. The van der Waals surface area contributed by atoms with E-state index >= 15 is 0 Å². The number of rotatable bonds is 9. The van der Waals surface area contributed by atoms with Crippen molar-refractivity contribution in [1.82, 2.24) is 5.32 Å². The van der Waals surface area contributed by atoms with Crippen molar-refractivity contribution in [2.24, 2.45) is 0 Å². The lowest BCUT2D eigenvalue weighted by molar-refractivity contribution is -0.143. The highest BCUT2D eigenvalue weighted by atomic mass is 16.5. The smallest absolute Gasteiger partial charge is 0.326 e. The van der Waals surface area contributed by atoms with Gasteiger partial charge in [0.25, 0.3) is 5.91 Å². The van der Waals surface area contributed by atoms with Crippen LogP contribution in [0.5, 0.6) is 11.5 Å². The van der Waals surface area contributed by atoms with E-state index in [4.69, 9.17) is 14.6 Å². The fourth-order valence-electron chi connectivity index (χ4n) is 1.87. The van der Waals surface area contributed by atoms with E-state index in [1.54, 1.807) is 38.3 Å². The van der Waals surface area contributed by atoms with Crippen molar-refractivity contribution >= 4 is 11.9 Å². The van der Waals surface area contributed by atoms with Crippen molar-refractivity contribution in [2.45, 2.75) is 45.3 Å². The van der Waals surface area contributed by atoms with Crippen molar-refractivity contribution < 1.29 is 24.2 Å². The zero-order chi connectivity index (χ0) is 16.5. The summed E-state index contributed by atoms with van der Waals surface area (Å²) in [4.78, 5) is 23.1. The summed E-state index contributed by atoms with van der Waals surface area (Å²) in [6, 6.07) is 5.94. The first-order chi connectivity index (χ1) is 10.5. The molecule has 1 amide bonds. The van der Waals surface area contributed by atoms with Gasteiger partial charge in [0.2, 0.25) is 0 Å². The molecule has 22 heavy (non-hydrogen) atoms. The predicted octanol–water partition coefficient (Wildman–Crippen LogP) is 2.22. The lowest BCUT2D eigenvalue weighted by Gasteiger charge is -2.18. The van der Waals surface area contributed by atoms with Crippen LogP contribution < -0.4 is 14.8 Å². The van der Waals surface area contributed by atoms with Crippen LogP contribution in [0, 0.1) is 0 Å².